The van der Waals surface area contributed by atoms with E-state index in [9.17, 15) is 22.8 Å². The number of oxime groups is 2. The molecule has 2 unspecified atom stereocenters. The Kier molecular flexibility index (Phi) is 8.88. The molecular weight excluding hydrogens is 468 g/mol. The molecule has 16 heteroatoms. The molecule has 1 fully saturated rings. The van der Waals surface area contributed by atoms with Gasteiger partial charge < -0.3 is 14.6 Å². The molecule has 0 aliphatic carbocycles. The Morgan fingerprint density at radius 2 is 1.81 bits per heavy atom. The Hall–Kier alpha value is -2.59. The van der Waals surface area contributed by atoms with Crippen LogP contribution in [0.1, 0.15) is 20.8 Å². The van der Waals surface area contributed by atoms with E-state index in [0.29, 0.717) is 12.1 Å². The van der Waals surface area contributed by atoms with E-state index >= 15 is 0 Å². The minimum absolute atomic E-state index is 0.0301. The third-order valence-corrected chi connectivity index (χ3v) is 7.50. The van der Waals surface area contributed by atoms with Crippen molar-refractivity contribution in [2.45, 2.75) is 31.7 Å². The number of rotatable bonds is 6. The lowest BCUT2D eigenvalue weighted by Crippen LogP contribution is -2.63. The molecule has 1 saturated heterocycles. The van der Waals surface area contributed by atoms with Crippen LogP contribution in [0.4, 0.5) is 9.59 Å². The first-order valence-electron chi connectivity index (χ1n) is 9.04. The molecule has 1 aliphatic rings. The van der Waals surface area contributed by atoms with Gasteiger partial charge in [-0.15, -0.1) is 5.06 Å². The highest BCUT2D eigenvalue weighted by Crippen LogP contribution is 2.38. The number of amides is 3. The maximum atomic E-state index is 13.0. The second-order valence-corrected chi connectivity index (χ2v) is 10.6. The molecule has 0 radical (unpaired) electrons. The number of hydroxylamine groups is 2. The Morgan fingerprint density at radius 3 is 2.28 bits per heavy atom. The fraction of sp³-hybridized carbons (Fsp3) is 0.688. The summed E-state index contributed by atoms with van der Waals surface area (Å²) in [6.07, 6.45) is -1.04. The molecule has 0 aromatic rings. The fourth-order valence-electron chi connectivity index (χ4n) is 2.45. The number of nitrogens with zero attached hydrogens (tertiary/aromatic N) is 6. The zero-order valence-electron chi connectivity index (χ0n) is 19.3. The summed E-state index contributed by atoms with van der Waals surface area (Å²) in [5, 5.41) is 6.97. The van der Waals surface area contributed by atoms with Crippen molar-refractivity contribution in [3.8, 4) is 0 Å². The molecule has 1 rings (SSSR count). The molecule has 0 spiro atoms. The lowest BCUT2D eigenvalue weighted by molar-refractivity contribution is -0.175. The van der Waals surface area contributed by atoms with Gasteiger partial charge in [0.15, 0.2) is 21.2 Å². The van der Waals surface area contributed by atoms with Crippen LogP contribution in [0.15, 0.2) is 10.3 Å². The predicted octanol–water partition coefficient (Wildman–Crippen LogP) is 0.533. The molecule has 182 valence electrons. The second kappa shape index (κ2) is 10.4. The molecule has 0 saturated carbocycles. The normalized spacial score (nSPS) is 22.1. The molecule has 3 amide bonds. The maximum absolute atomic E-state index is 13.0. The van der Waals surface area contributed by atoms with E-state index in [-0.39, 0.29) is 11.4 Å². The number of sulfone groups is 1. The summed E-state index contributed by atoms with van der Waals surface area (Å²) in [7, 11) is 3.07. The van der Waals surface area contributed by atoms with Gasteiger partial charge in [0.25, 0.3) is 5.91 Å². The highest BCUT2D eigenvalue weighted by Gasteiger charge is 2.54. The van der Waals surface area contributed by atoms with Gasteiger partial charge >= 0.3 is 12.2 Å². The van der Waals surface area contributed by atoms with E-state index in [1.165, 1.54) is 61.0 Å². The van der Waals surface area contributed by atoms with Gasteiger partial charge in [-0.3, -0.25) is 9.63 Å². The molecule has 2 atom stereocenters. The lowest BCUT2D eigenvalue weighted by atomic mass is 10.1. The Bertz CT molecular complexity index is 921. The largest absolute Gasteiger partial charge is 0.449 e. The van der Waals surface area contributed by atoms with Gasteiger partial charge in [-0.2, -0.15) is 0 Å². The zero-order valence-corrected chi connectivity index (χ0v) is 21.0. The van der Waals surface area contributed by atoms with Crippen molar-refractivity contribution in [3.05, 3.63) is 0 Å². The van der Waals surface area contributed by atoms with Crippen LogP contribution >= 0.6 is 12.1 Å². The zero-order chi connectivity index (χ0) is 25.0. The van der Waals surface area contributed by atoms with E-state index in [1.807, 2.05) is 0 Å². The molecule has 32 heavy (non-hydrogen) atoms. The van der Waals surface area contributed by atoms with Gasteiger partial charge in [0, 0.05) is 34.4 Å². The van der Waals surface area contributed by atoms with Crippen LogP contribution in [0.3, 0.4) is 0 Å². The predicted molar refractivity (Wildman–Crippen MR) is 117 cm³/mol. The van der Waals surface area contributed by atoms with Crippen molar-refractivity contribution in [1.82, 2.24) is 18.6 Å². The van der Waals surface area contributed by atoms with E-state index in [2.05, 4.69) is 15.1 Å². The van der Waals surface area contributed by atoms with Crippen molar-refractivity contribution >= 4 is 51.5 Å². The van der Waals surface area contributed by atoms with Crippen LogP contribution in [0.2, 0.25) is 0 Å². The maximum Gasteiger partial charge on any atom is 0.449 e. The molecule has 0 bridgehead atoms. The standard InChI is InChI=1S/C16H28N6O8S2/c1-10(17-28-8)12(13(23)19(4)5)18-29-15(25)22-16(3,11(2)32(9,26)27)21(7)30-14(24)20(6)31-22/h11H,1-9H3. The van der Waals surface area contributed by atoms with E-state index in [0.717, 1.165) is 19.9 Å². The first-order valence-corrected chi connectivity index (χ1v) is 11.7. The first-order chi connectivity index (χ1) is 14.6. The van der Waals surface area contributed by atoms with Crippen molar-refractivity contribution in [1.29, 1.82) is 0 Å². The number of carbonyl (C=O) groups excluding carboxylic acids is 3. The van der Waals surface area contributed by atoms with Crippen LogP contribution in [0.25, 0.3) is 0 Å². The van der Waals surface area contributed by atoms with Crippen LogP contribution in [0, 0.1) is 0 Å². The van der Waals surface area contributed by atoms with Gasteiger partial charge in [0.1, 0.15) is 12.8 Å². The smallest absolute Gasteiger partial charge is 0.399 e. The third-order valence-electron chi connectivity index (χ3n) is 4.70. The summed E-state index contributed by atoms with van der Waals surface area (Å²) in [5.41, 5.74) is -2.01. The molecule has 0 aromatic carbocycles. The number of carbonyl (C=O) groups is 3. The minimum atomic E-state index is -3.73. The highest BCUT2D eigenvalue weighted by molar-refractivity contribution is 7.95. The average molecular weight is 497 g/mol. The van der Waals surface area contributed by atoms with Crippen LogP contribution in [0.5, 0.6) is 0 Å². The molecule has 0 aromatic heterocycles. The summed E-state index contributed by atoms with van der Waals surface area (Å²) in [5.74, 6) is -0.625. The first kappa shape index (κ1) is 27.4. The molecule has 1 aliphatic heterocycles. The summed E-state index contributed by atoms with van der Waals surface area (Å²) in [6, 6.07) is 0. The molecular formula is C16H28N6O8S2. The summed E-state index contributed by atoms with van der Waals surface area (Å²) in [4.78, 5) is 53.6. The van der Waals surface area contributed by atoms with Crippen molar-refractivity contribution in [2.75, 3.05) is 41.6 Å². The van der Waals surface area contributed by atoms with Crippen LogP contribution < -0.4 is 0 Å². The number of hydrogen-bond acceptors (Lipinski definition) is 12. The van der Waals surface area contributed by atoms with Crippen molar-refractivity contribution < 1.29 is 37.3 Å². The minimum Gasteiger partial charge on any atom is -0.399 e. The SMILES string of the molecule is CON=C(C)C(=NOC(=O)N1SN(C)C(=O)ON(C)C1(C)C(C)S(C)(=O)=O)C(=O)N(C)C. The van der Waals surface area contributed by atoms with E-state index < -0.39 is 38.8 Å². The van der Waals surface area contributed by atoms with E-state index in [1.54, 1.807) is 0 Å². The monoisotopic (exact) mass is 496 g/mol. The lowest BCUT2D eigenvalue weighted by Gasteiger charge is -2.43. The van der Waals surface area contributed by atoms with Crippen molar-refractivity contribution in [3.63, 3.8) is 0 Å². The third kappa shape index (κ3) is 5.80. The second-order valence-electron chi connectivity index (χ2n) is 7.15. The van der Waals surface area contributed by atoms with Gasteiger partial charge in [-0.25, -0.2) is 26.6 Å². The van der Waals surface area contributed by atoms with Gasteiger partial charge in [0.2, 0.25) is 0 Å². The fourth-order valence-corrected chi connectivity index (χ4v) is 4.47. The summed E-state index contributed by atoms with van der Waals surface area (Å²) >= 11 is 0.555. The van der Waals surface area contributed by atoms with E-state index in [4.69, 9.17) is 9.68 Å². The summed E-state index contributed by atoms with van der Waals surface area (Å²) in [6.45, 7) is 4.15. The quantitative estimate of drug-likeness (QED) is 0.220. The van der Waals surface area contributed by atoms with Crippen molar-refractivity contribution in [2.24, 2.45) is 10.3 Å². The summed E-state index contributed by atoms with van der Waals surface area (Å²) < 4.78 is 26.5. The topological polar surface area (TPSA) is 151 Å². The van der Waals surface area contributed by atoms with Crippen LogP contribution in [-0.4, -0.2) is 109 Å². The van der Waals surface area contributed by atoms with Gasteiger partial charge in [-0.05, 0) is 20.8 Å². The average Bonchev–Trinajstić information content (AvgIpc) is 2.77. The van der Waals surface area contributed by atoms with Gasteiger partial charge in [-0.1, -0.05) is 10.3 Å². The number of hydrogen-bond donors (Lipinski definition) is 0. The van der Waals surface area contributed by atoms with Gasteiger partial charge in [0.05, 0.1) is 17.4 Å². The Morgan fingerprint density at radius 1 is 1.25 bits per heavy atom. The molecule has 14 nitrogen and oxygen atoms in total. The Balaban J connectivity index is 3.49. The Labute approximate surface area is 191 Å². The van der Waals surface area contributed by atoms with Crippen LogP contribution in [-0.2, 0) is 29.1 Å². The molecule has 0 N–H and O–H groups in total. The highest BCUT2D eigenvalue weighted by atomic mass is 32.2. The molecule has 1 heterocycles.